The van der Waals surface area contributed by atoms with E-state index >= 15 is 0 Å². The molecule has 98 valence electrons. The Morgan fingerprint density at radius 1 is 0.875 bits per heavy atom. The van der Waals surface area contributed by atoms with Gasteiger partial charge in [-0.1, -0.05) is 58.8 Å². The van der Waals surface area contributed by atoms with E-state index in [9.17, 15) is 4.57 Å². The molecule has 16 heavy (non-hydrogen) atoms. The van der Waals surface area contributed by atoms with Gasteiger partial charge < -0.3 is 4.57 Å². The van der Waals surface area contributed by atoms with Crippen molar-refractivity contribution in [1.29, 1.82) is 0 Å². The highest BCUT2D eigenvalue weighted by molar-refractivity contribution is 14.3. The van der Waals surface area contributed by atoms with E-state index in [1.807, 2.05) is 0 Å². The highest BCUT2D eigenvalue weighted by Gasteiger charge is 2.09. The first kappa shape index (κ1) is 17.7. The highest BCUT2D eigenvalue weighted by atomic mass is 127. The third-order valence-corrected chi connectivity index (χ3v) is 6.43. The topological polar surface area (TPSA) is 17.1 Å². The highest BCUT2D eigenvalue weighted by Crippen LogP contribution is 2.63. The molecule has 4 heteroatoms. The molecule has 0 aliphatic carbocycles. The zero-order valence-corrected chi connectivity index (χ0v) is 15.8. The fraction of sp³-hybridized carbons (Fsp3) is 1.00. The van der Waals surface area contributed by atoms with Crippen LogP contribution in [0.4, 0.5) is 0 Å². The quantitative estimate of drug-likeness (QED) is 0.195. The number of unbranched alkanes of at least 4 members (excludes halogenated alkanes) is 6. The Bertz CT molecular complexity index is 201. The molecule has 0 amide bonds. The summed E-state index contributed by atoms with van der Waals surface area (Å²) in [5.74, 6) is 0.862. The average Bonchev–Trinajstić information content (AvgIpc) is 2.13. The van der Waals surface area contributed by atoms with E-state index < -0.39 is 2.43 Å². The van der Waals surface area contributed by atoms with E-state index in [0.29, 0.717) is 0 Å². The predicted molar refractivity (Wildman–Crippen MR) is 92.3 cm³/mol. The molecule has 0 fully saturated rings. The molecule has 0 aromatic rings. The molecule has 0 unspecified atom stereocenters. The Labute approximate surface area is 127 Å². The molecule has 0 bridgehead atoms. The average molecular weight is 470 g/mol. The standard InChI is InChI=1S/C12H25I2OP/c1-12(2)10-8-6-4-3-5-7-9-11-16(13,14)15/h12H,3-11H2,1-2H3. The summed E-state index contributed by atoms with van der Waals surface area (Å²) in [5.41, 5.74) is 0. The number of halogens is 2. The van der Waals surface area contributed by atoms with Crippen LogP contribution in [-0.4, -0.2) is 6.16 Å². The van der Waals surface area contributed by atoms with E-state index in [1.54, 1.807) is 0 Å². The van der Waals surface area contributed by atoms with Crippen molar-refractivity contribution in [3.05, 3.63) is 0 Å². The fourth-order valence-electron chi connectivity index (χ4n) is 1.73. The van der Waals surface area contributed by atoms with Gasteiger partial charge in [0.25, 0.3) is 0 Å². The first-order chi connectivity index (χ1) is 7.42. The second-order valence-electron chi connectivity index (χ2n) is 4.95. The number of hydrogen-bond donors (Lipinski definition) is 0. The van der Waals surface area contributed by atoms with Crippen LogP contribution in [0.1, 0.15) is 65.2 Å². The summed E-state index contributed by atoms with van der Waals surface area (Å²) >= 11 is 4.21. The summed E-state index contributed by atoms with van der Waals surface area (Å²) in [6.45, 7) is 4.60. The van der Waals surface area contributed by atoms with Crippen molar-refractivity contribution in [3.63, 3.8) is 0 Å². The van der Waals surface area contributed by atoms with Crippen molar-refractivity contribution in [2.24, 2.45) is 5.92 Å². The van der Waals surface area contributed by atoms with Crippen molar-refractivity contribution in [2.75, 3.05) is 6.16 Å². The van der Waals surface area contributed by atoms with Crippen LogP contribution in [0.3, 0.4) is 0 Å². The van der Waals surface area contributed by atoms with Crippen molar-refractivity contribution < 1.29 is 4.57 Å². The van der Waals surface area contributed by atoms with E-state index in [4.69, 9.17) is 0 Å². The van der Waals surface area contributed by atoms with Crippen molar-refractivity contribution in [1.82, 2.24) is 0 Å². The molecule has 0 aliphatic rings. The van der Waals surface area contributed by atoms with Gasteiger partial charge in [0.15, 0.2) is 2.43 Å². The minimum absolute atomic E-state index is 0.862. The summed E-state index contributed by atoms with van der Waals surface area (Å²) in [5, 5.41) is 0. The molecule has 0 heterocycles. The molecule has 1 nitrogen and oxygen atoms in total. The van der Waals surface area contributed by atoms with Crippen LogP contribution in [0.5, 0.6) is 0 Å². The van der Waals surface area contributed by atoms with Crippen LogP contribution in [0, 0.1) is 5.92 Å². The summed E-state index contributed by atoms with van der Waals surface area (Å²) in [6.07, 6.45) is 11.6. The maximum absolute atomic E-state index is 11.4. The lowest BCUT2D eigenvalue weighted by molar-refractivity contribution is 0.511. The van der Waals surface area contributed by atoms with Crippen LogP contribution in [-0.2, 0) is 4.57 Å². The SMILES string of the molecule is CC(C)CCCCCCCCCP(=O)(I)I. The lowest BCUT2D eigenvalue weighted by atomic mass is 10.0. The molecular weight excluding hydrogens is 445 g/mol. The number of hydrogen-bond acceptors (Lipinski definition) is 1. The van der Waals surface area contributed by atoms with Gasteiger partial charge in [0.05, 0.1) is 0 Å². The van der Waals surface area contributed by atoms with Gasteiger partial charge in [0, 0.05) is 50.2 Å². The van der Waals surface area contributed by atoms with E-state index in [1.165, 1.54) is 44.9 Å². The van der Waals surface area contributed by atoms with Gasteiger partial charge in [-0.25, -0.2) is 0 Å². The molecule has 0 saturated heterocycles. The van der Waals surface area contributed by atoms with Gasteiger partial charge in [-0.15, -0.1) is 0 Å². The van der Waals surface area contributed by atoms with Crippen molar-refractivity contribution >= 4 is 46.5 Å². The largest absolute Gasteiger partial charge is 0.302 e. The minimum atomic E-state index is -1.80. The summed E-state index contributed by atoms with van der Waals surface area (Å²) in [7, 11) is 0. The monoisotopic (exact) mass is 470 g/mol. The van der Waals surface area contributed by atoms with Gasteiger partial charge >= 0.3 is 0 Å². The van der Waals surface area contributed by atoms with Gasteiger partial charge in [-0.05, 0) is 12.3 Å². The lowest BCUT2D eigenvalue weighted by Crippen LogP contribution is -1.87. The van der Waals surface area contributed by atoms with E-state index in [-0.39, 0.29) is 0 Å². The third-order valence-electron chi connectivity index (χ3n) is 2.70. The Balaban J connectivity index is 3.08. The Morgan fingerprint density at radius 2 is 1.31 bits per heavy atom. The molecule has 0 aromatic heterocycles. The lowest BCUT2D eigenvalue weighted by Gasteiger charge is -2.05. The first-order valence-corrected chi connectivity index (χ1v) is 13.9. The second-order valence-corrected chi connectivity index (χ2v) is 21.4. The Hall–Kier alpha value is 1.69. The van der Waals surface area contributed by atoms with Gasteiger partial charge in [0.1, 0.15) is 0 Å². The minimum Gasteiger partial charge on any atom is -0.302 e. The van der Waals surface area contributed by atoms with Gasteiger partial charge in [-0.2, -0.15) is 0 Å². The molecular formula is C12H25I2OP. The van der Waals surface area contributed by atoms with Crippen molar-refractivity contribution in [3.8, 4) is 0 Å². The van der Waals surface area contributed by atoms with Crippen LogP contribution in [0.15, 0.2) is 0 Å². The molecule has 0 rings (SSSR count). The number of rotatable bonds is 10. The third kappa shape index (κ3) is 15.7. The van der Waals surface area contributed by atoms with Crippen LogP contribution >= 0.6 is 46.5 Å². The van der Waals surface area contributed by atoms with Crippen LogP contribution < -0.4 is 0 Å². The van der Waals surface area contributed by atoms with Gasteiger partial charge in [-0.3, -0.25) is 0 Å². The second kappa shape index (κ2) is 10.6. The zero-order valence-electron chi connectivity index (χ0n) is 10.6. The maximum atomic E-state index is 11.4. The molecule has 0 N–H and O–H groups in total. The smallest absolute Gasteiger partial charge is 0.198 e. The zero-order chi connectivity index (χ0) is 12.4. The first-order valence-electron chi connectivity index (χ1n) is 6.40. The molecule has 0 saturated carbocycles. The Kier molecular flexibility index (Phi) is 11.7. The van der Waals surface area contributed by atoms with Crippen LogP contribution in [0.2, 0.25) is 0 Å². The Morgan fingerprint density at radius 3 is 1.75 bits per heavy atom. The van der Waals surface area contributed by atoms with E-state index in [2.05, 4.69) is 57.9 Å². The molecule has 0 aromatic carbocycles. The molecule has 0 radical (unpaired) electrons. The molecule has 0 atom stereocenters. The van der Waals surface area contributed by atoms with E-state index in [0.717, 1.165) is 18.5 Å². The molecule has 0 spiro atoms. The van der Waals surface area contributed by atoms with Gasteiger partial charge in [0.2, 0.25) is 0 Å². The molecule has 0 aliphatic heterocycles. The predicted octanol–water partition coefficient (Wildman–Crippen LogP) is 6.83. The fourth-order valence-corrected chi connectivity index (χ4v) is 4.37. The van der Waals surface area contributed by atoms with Crippen molar-refractivity contribution in [2.45, 2.75) is 65.2 Å². The van der Waals surface area contributed by atoms with Crippen LogP contribution in [0.25, 0.3) is 0 Å². The summed E-state index contributed by atoms with van der Waals surface area (Å²) < 4.78 is 9.62. The summed E-state index contributed by atoms with van der Waals surface area (Å²) in [4.78, 5) is 0. The normalized spacial score (nSPS) is 12.3. The maximum Gasteiger partial charge on any atom is 0.198 e. The summed E-state index contributed by atoms with van der Waals surface area (Å²) in [6, 6.07) is 0.